The van der Waals surface area contributed by atoms with Gasteiger partial charge in [0.2, 0.25) is 12.3 Å². The van der Waals surface area contributed by atoms with Crippen molar-refractivity contribution in [2.45, 2.75) is 63.8 Å². The molecule has 0 radical (unpaired) electrons. The van der Waals surface area contributed by atoms with Gasteiger partial charge in [-0.05, 0) is 38.2 Å². The zero-order valence-corrected chi connectivity index (χ0v) is 15.4. The number of likely N-dealkylation sites (tertiary alicyclic amines) is 1. The second kappa shape index (κ2) is 9.15. The molecule has 1 aliphatic carbocycles. The highest BCUT2D eigenvalue weighted by molar-refractivity contribution is 5.79. The number of hydrogen-bond donors (Lipinski definition) is 2. The smallest absolute Gasteiger partial charge is 0.225 e. The molecule has 1 saturated heterocycles. The van der Waals surface area contributed by atoms with Crippen LogP contribution in [0.1, 0.15) is 39.5 Å². The first-order chi connectivity index (χ1) is 12.0. The Balaban J connectivity index is 1.96. The second-order valence-corrected chi connectivity index (χ2v) is 6.97. The van der Waals surface area contributed by atoms with E-state index in [9.17, 15) is 14.7 Å². The SMILES string of the molecule is COC(C(C)C(=O)NC(C)C(O)C1=CCCC=C1)C1CCCN1C=O. The lowest BCUT2D eigenvalue weighted by Crippen LogP contribution is -2.50. The van der Waals surface area contributed by atoms with Crippen molar-refractivity contribution in [1.29, 1.82) is 0 Å². The van der Waals surface area contributed by atoms with Gasteiger partial charge in [-0.3, -0.25) is 9.59 Å². The molecule has 0 spiro atoms. The third-order valence-corrected chi connectivity index (χ3v) is 5.24. The van der Waals surface area contributed by atoms with E-state index in [0.29, 0.717) is 6.54 Å². The summed E-state index contributed by atoms with van der Waals surface area (Å²) in [4.78, 5) is 25.6. The molecule has 5 atom stereocenters. The van der Waals surface area contributed by atoms with Crippen molar-refractivity contribution in [3.05, 3.63) is 23.8 Å². The molecule has 2 amide bonds. The van der Waals surface area contributed by atoms with Crippen molar-refractivity contribution in [3.63, 3.8) is 0 Å². The topological polar surface area (TPSA) is 78.9 Å². The third-order valence-electron chi connectivity index (χ3n) is 5.24. The Morgan fingerprint density at radius 3 is 2.80 bits per heavy atom. The van der Waals surface area contributed by atoms with E-state index in [0.717, 1.165) is 37.7 Å². The number of ether oxygens (including phenoxy) is 1. The fourth-order valence-electron chi connectivity index (χ4n) is 3.72. The zero-order chi connectivity index (χ0) is 18.4. The summed E-state index contributed by atoms with van der Waals surface area (Å²) in [5.41, 5.74) is 0.845. The summed E-state index contributed by atoms with van der Waals surface area (Å²) in [5.74, 6) is -0.586. The quantitative estimate of drug-likeness (QED) is 0.649. The molecule has 0 aromatic carbocycles. The van der Waals surface area contributed by atoms with Gasteiger partial charge in [0.05, 0.1) is 30.2 Å². The Kier molecular flexibility index (Phi) is 7.20. The Labute approximate surface area is 149 Å². The molecule has 2 aliphatic rings. The maximum absolute atomic E-state index is 12.6. The number of carbonyl (C=O) groups is 2. The number of aliphatic hydroxyl groups excluding tert-OH is 1. The van der Waals surface area contributed by atoms with E-state index in [2.05, 4.69) is 5.32 Å². The molecule has 0 saturated carbocycles. The fraction of sp³-hybridized carbons (Fsp3) is 0.684. The van der Waals surface area contributed by atoms with Crippen LogP contribution in [-0.2, 0) is 14.3 Å². The summed E-state index contributed by atoms with van der Waals surface area (Å²) in [6, 6.07) is -0.473. The fourth-order valence-corrected chi connectivity index (χ4v) is 3.72. The van der Waals surface area contributed by atoms with Crippen molar-refractivity contribution >= 4 is 12.3 Å². The minimum atomic E-state index is -0.730. The van der Waals surface area contributed by atoms with Gasteiger partial charge >= 0.3 is 0 Å². The molecule has 0 bridgehead atoms. The first-order valence-electron chi connectivity index (χ1n) is 9.08. The molecule has 5 unspecified atom stereocenters. The van der Waals surface area contributed by atoms with Crippen LogP contribution in [0.25, 0.3) is 0 Å². The molecule has 1 aliphatic heterocycles. The van der Waals surface area contributed by atoms with Crippen LogP contribution in [0, 0.1) is 5.92 Å². The van der Waals surface area contributed by atoms with Crippen LogP contribution in [0.4, 0.5) is 0 Å². The maximum atomic E-state index is 12.6. The number of hydrogen-bond acceptors (Lipinski definition) is 4. The number of rotatable bonds is 8. The number of methoxy groups -OCH3 is 1. The third kappa shape index (κ3) is 4.70. The predicted octanol–water partition coefficient (Wildman–Crippen LogP) is 1.40. The Morgan fingerprint density at radius 1 is 1.44 bits per heavy atom. The molecule has 2 N–H and O–H groups in total. The number of amides is 2. The molecule has 0 aromatic rings. The summed E-state index contributed by atoms with van der Waals surface area (Å²) >= 11 is 0. The molecule has 6 nitrogen and oxygen atoms in total. The summed E-state index contributed by atoms with van der Waals surface area (Å²) < 4.78 is 5.56. The highest BCUT2D eigenvalue weighted by Crippen LogP contribution is 2.25. The van der Waals surface area contributed by atoms with Crippen LogP contribution in [0.3, 0.4) is 0 Å². The Hall–Kier alpha value is -1.66. The Morgan fingerprint density at radius 2 is 2.20 bits per heavy atom. The summed E-state index contributed by atoms with van der Waals surface area (Å²) in [6.45, 7) is 4.31. The number of nitrogens with zero attached hydrogens (tertiary/aromatic N) is 1. The van der Waals surface area contributed by atoms with Crippen LogP contribution in [0.2, 0.25) is 0 Å². The van der Waals surface area contributed by atoms with Gasteiger partial charge in [0.15, 0.2) is 0 Å². The highest BCUT2D eigenvalue weighted by atomic mass is 16.5. The van der Waals surface area contributed by atoms with Gasteiger partial charge in [0.1, 0.15) is 0 Å². The van der Waals surface area contributed by atoms with E-state index < -0.39 is 18.1 Å². The van der Waals surface area contributed by atoms with E-state index in [1.54, 1.807) is 18.9 Å². The van der Waals surface area contributed by atoms with Gasteiger partial charge in [0, 0.05) is 13.7 Å². The Bertz CT molecular complexity index is 532. The average Bonchev–Trinajstić information content (AvgIpc) is 3.10. The minimum absolute atomic E-state index is 0.0764. The van der Waals surface area contributed by atoms with Gasteiger partial charge in [0.25, 0.3) is 0 Å². The molecule has 6 heteroatoms. The summed E-state index contributed by atoms with van der Waals surface area (Å²) in [6.07, 6.45) is 9.36. The lowest BCUT2D eigenvalue weighted by Gasteiger charge is -2.32. The van der Waals surface area contributed by atoms with Gasteiger partial charge in [-0.25, -0.2) is 0 Å². The van der Waals surface area contributed by atoms with E-state index >= 15 is 0 Å². The first-order valence-corrected chi connectivity index (χ1v) is 9.08. The lowest BCUT2D eigenvalue weighted by molar-refractivity contribution is -0.134. The zero-order valence-electron chi connectivity index (χ0n) is 15.4. The van der Waals surface area contributed by atoms with E-state index in [4.69, 9.17) is 4.74 Å². The molecule has 2 rings (SSSR count). The van der Waals surface area contributed by atoms with Crippen LogP contribution in [0.15, 0.2) is 23.8 Å². The van der Waals surface area contributed by atoms with Crippen LogP contribution < -0.4 is 5.32 Å². The molecule has 140 valence electrons. The van der Waals surface area contributed by atoms with Gasteiger partial charge < -0.3 is 20.1 Å². The van der Waals surface area contributed by atoms with Crippen molar-refractivity contribution in [1.82, 2.24) is 10.2 Å². The van der Waals surface area contributed by atoms with Gasteiger partial charge in [-0.1, -0.05) is 25.2 Å². The molecule has 25 heavy (non-hydrogen) atoms. The first kappa shape index (κ1) is 19.7. The van der Waals surface area contributed by atoms with Gasteiger partial charge in [-0.15, -0.1) is 0 Å². The lowest BCUT2D eigenvalue weighted by atomic mass is 9.93. The normalized spacial score (nSPS) is 25.0. The van der Waals surface area contributed by atoms with E-state index in [1.807, 2.05) is 25.2 Å². The molecule has 0 aromatic heterocycles. The predicted molar refractivity (Wildman–Crippen MR) is 95.8 cm³/mol. The average molecular weight is 350 g/mol. The van der Waals surface area contributed by atoms with E-state index in [-0.39, 0.29) is 18.1 Å². The maximum Gasteiger partial charge on any atom is 0.225 e. The number of allylic oxidation sites excluding steroid dienone is 2. The van der Waals surface area contributed by atoms with Crippen molar-refractivity contribution in [2.75, 3.05) is 13.7 Å². The monoisotopic (exact) mass is 350 g/mol. The number of carbonyl (C=O) groups excluding carboxylic acids is 2. The van der Waals surface area contributed by atoms with Crippen LogP contribution in [-0.4, -0.2) is 60.3 Å². The van der Waals surface area contributed by atoms with Crippen LogP contribution >= 0.6 is 0 Å². The largest absolute Gasteiger partial charge is 0.386 e. The van der Waals surface area contributed by atoms with Crippen LogP contribution in [0.5, 0.6) is 0 Å². The summed E-state index contributed by atoms with van der Waals surface area (Å²) in [5, 5.41) is 13.3. The standard InChI is InChI=1S/C19H30N2O4/c1-13(18(25-3)16-10-7-11-21(16)12-22)19(24)20-14(2)17(23)15-8-5-4-6-9-15/h5,8-9,12-14,16-18,23H,4,6-7,10-11H2,1-3H3,(H,20,24). The van der Waals surface area contributed by atoms with Crippen molar-refractivity contribution in [2.24, 2.45) is 5.92 Å². The van der Waals surface area contributed by atoms with Crippen molar-refractivity contribution in [3.8, 4) is 0 Å². The second-order valence-electron chi connectivity index (χ2n) is 6.97. The minimum Gasteiger partial charge on any atom is -0.386 e. The van der Waals surface area contributed by atoms with Crippen molar-refractivity contribution < 1.29 is 19.4 Å². The number of nitrogens with one attached hydrogen (secondary N) is 1. The molecular weight excluding hydrogens is 320 g/mol. The molecular formula is C19H30N2O4. The summed E-state index contributed by atoms with van der Waals surface area (Å²) in [7, 11) is 1.58. The molecule has 1 fully saturated rings. The highest BCUT2D eigenvalue weighted by Gasteiger charge is 2.37. The molecule has 1 heterocycles. The van der Waals surface area contributed by atoms with E-state index in [1.165, 1.54) is 0 Å². The number of aliphatic hydroxyl groups is 1. The van der Waals surface area contributed by atoms with Gasteiger partial charge in [-0.2, -0.15) is 0 Å².